The Kier molecular flexibility index (Phi) is 12.2. The normalized spacial score (nSPS) is 23.0. The van der Waals surface area contributed by atoms with Crippen LogP contribution in [0.1, 0.15) is 59.3 Å². The third kappa shape index (κ3) is 8.58. The number of carbonyl (C=O) groups is 7. The highest BCUT2D eigenvalue weighted by molar-refractivity contribution is 5.98. The first-order chi connectivity index (χ1) is 32.0. The van der Waals surface area contributed by atoms with Gasteiger partial charge in [0.1, 0.15) is 12.7 Å². The molecule has 4 aromatic rings. The number of carboxylic acids is 1. The van der Waals surface area contributed by atoms with Crippen LogP contribution in [0, 0.1) is 5.92 Å². The number of hydrogen-bond acceptors (Lipinski definition) is 26. The lowest BCUT2D eigenvalue weighted by Crippen LogP contribution is -2.63. The molecule has 27 nitrogen and oxygen atoms in total. The van der Waals surface area contributed by atoms with E-state index in [0.717, 1.165) is 0 Å². The Morgan fingerprint density at radius 3 is 1.54 bits per heavy atom. The van der Waals surface area contributed by atoms with Gasteiger partial charge in [0, 0.05) is 11.5 Å². The molecule has 4 aromatic carbocycles. The quantitative estimate of drug-likeness (QED) is 0.0455. The summed E-state index contributed by atoms with van der Waals surface area (Å²) < 4.78 is 38.6. The van der Waals surface area contributed by atoms with E-state index in [0.29, 0.717) is 42.5 Å². The molecule has 13 N–H and O–H groups in total. The second kappa shape index (κ2) is 17.7. The summed E-state index contributed by atoms with van der Waals surface area (Å²) in [6, 6.07) is 3.84. The molecule has 3 heterocycles. The number of aliphatic carboxylic acids is 1. The van der Waals surface area contributed by atoms with Crippen LogP contribution in [0.2, 0.25) is 0 Å². The zero-order chi connectivity index (χ0) is 49.8. The third-order valence-electron chi connectivity index (χ3n) is 10.6. The second-order valence-electron chi connectivity index (χ2n) is 14.9. The van der Waals surface area contributed by atoms with Crippen LogP contribution in [-0.4, -0.2) is 152 Å². The summed E-state index contributed by atoms with van der Waals surface area (Å²) in [4.78, 5) is 95.4. The molecule has 0 saturated carbocycles. The van der Waals surface area contributed by atoms with Crippen LogP contribution in [0.5, 0.6) is 69.0 Å². The van der Waals surface area contributed by atoms with Crippen LogP contribution >= 0.6 is 0 Å². The van der Waals surface area contributed by atoms with E-state index in [9.17, 15) is 99.9 Å². The lowest BCUT2D eigenvalue weighted by molar-refractivity contribution is -0.287. The number of aromatic hydroxyl groups is 11. The molecule has 0 aliphatic carbocycles. The number of phenolic OH excluding ortho intramolecular Hbond substituents is 11. The smallest absolute Gasteiger partial charge is 0.341 e. The van der Waals surface area contributed by atoms with E-state index in [2.05, 4.69) is 0 Å². The van der Waals surface area contributed by atoms with Gasteiger partial charge in [-0.3, -0.25) is 9.59 Å². The van der Waals surface area contributed by atoms with E-state index >= 15 is 0 Å². The highest BCUT2D eigenvalue weighted by atomic mass is 16.7. The van der Waals surface area contributed by atoms with Crippen molar-refractivity contribution in [2.24, 2.45) is 5.92 Å². The second-order valence-corrected chi connectivity index (χ2v) is 14.9. The minimum absolute atomic E-state index is 0.449. The van der Waals surface area contributed by atoms with Gasteiger partial charge in [0.25, 0.3) is 0 Å². The van der Waals surface area contributed by atoms with Gasteiger partial charge in [-0.05, 0) is 42.5 Å². The minimum Gasteiger partial charge on any atom is -0.504 e. The summed E-state index contributed by atoms with van der Waals surface area (Å²) in [6.07, 6.45) is -16.3. The number of esters is 6. The maximum absolute atomic E-state index is 14.5. The van der Waals surface area contributed by atoms with Crippen molar-refractivity contribution in [3.05, 3.63) is 70.3 Å². The predicted octanol–water partition coefficient (Wildman–Crippen LogP) is 0.0179. The van der Waals surface area contributed by atoms with Crippen LogP contribution in [0.15, 0.2) is 42.5 Å². The van der Waals surface area contributed by atoms with Crippen LogP contribution in [0.4, 0.5) is 0 Å². The Bertz CT molecular complexity index is 2750. The number of carboxylic acid groups (broad SMARTS) is 1. The van der Waals surface area contributed by atoms with Crippen molar-refractivity contribution in [3.8, 4) is 69.0 Å². The van der Waals surface area contributed by atoms with Crippen molar-refractivity contribution in [2.75, 3.05) is 6.61 Å². The number of fused-ring (bicyclic) bond motifs is 2. The molecule has 3 aliphatic rings. The standard InChI is InChI=1S/C41H32O27/c42-15-1-10(2-16(43)26(15)51)35(56)62-9-22-31-33(66-36(57)11-3-17(44)27(52)18(45)4-11)34(41(63-22)68-37(58)12-5-19(46)28(53)20(47)6-12)67-38(59)13-7-21(48)29(54)32-25(13)24(30(55)40(61)65-32)14(8-23(49)50)39(60)64-31/h1-7,14,22,24,30-31,33-34,41-48,51-55H,8-9H2,(H,49,50)/t14-,22-,24+,30-,31-,33-,34+,41+/m0/s1. The molecule has 1 saturated heterocycles. The molecule has 0 aromatic heterocycles. The summed E-state index contributed by atoms with van der Waals surface area (Å²) in [5.74, 6) is -29.8. The van der Waals surface area contributed by atoms with Gasteiger partial charge in [-0.2, -0.15) is 0 Å². The fourth-order valence-electron chi connectivity index (χ4n) is 7.37. The van der Waals surface area contributed by atoms with Crippen LogP contribution < -0.4 is 4.74 Å². The van der Waals surface area contributed by atoms with Crippen LogP contribution in [-0.2, 0) is 42.8 Å². The van der Waals surface area contributed by atoms with E-state index in [1.807, 2.05) is 0 Å². The molecule has 8 atom stereocenters. The fraction of sp³-hybridized carbons (Fsp3) is 0.244. The minimum atomic E-state index is -2.57. The van der Waals surface area contributed by atoms with Crippen molar-refractivity contribution in [1.82, 2.24) is 0 Å². The molecule has 2 bridgehead atoms. The van der Waals surface area contributed by atoms with Gasteiger partial charge in [0.05, 0.1) is 34.6 Å². The number of aliphatic hydroxyl groups excluding tert-OH is 1. The van der Waals surface area contributed by atoms with Gasteiger partial charge in [-0.15, -0.1) is 0 Å². The van der Waals surface area contributed by atoms with Gasteiger partial charge < -0.3 is 99.5 Å². The molecule has 1 fully saturated rings. The average Bonchev–Trinajstić information content (AvgIpc) is 3.28. The van der Waals surface area contributed by atoms with Gasteiger partial charge in [-0.25, -0.2) is 24.0 Å². The number of rotatable bonds is 9. The molecule has 27 heteroatoms. The molecule has 3 aliphatic heterocycles. The van der Waals surface area contributed by atoms with E-state index < -0.39 is 200 Å². The Morgan fingerprint density at radius 1 is 0.574 bits per heavy atom. The molecular weight excluding hydrogens is 924 g/mol. The molecule has 68 heavy (non-hydrogen) atoms. The SMILES string of the molecule is O=C(O)C[C@@H]1C(=O)O[C@@H]2[C@H](OC(=O)c3cc(O)c(O)c(O)c3)[C@@H](OC(=O)c3cc(O)c(O)c4c3[C@@H]1[C@H](O)C(=O)O4)[C@@H](OC(=O)c1cc(O)c(O)c(O)c1)O[C@H]2COC(=O)c1cc(O)c(O)c(O)c1. The zero-order valence-corrected chi connectivity index (χ0v) is 33.6. The molecule has 0 spiro atoms. The van der Waals surface area contributed by atoms with Crippen molar-refractivity contribution in [1.29, 1.82) is 0 Å². The fourth-order valence-corrected chi connectivity index (χ4v) is 7.37. The Balaban J connectivity index is 1.44. The van der Waals surface area contributed by atoms with Gasteiger partial charge >= 0.3 is 41.8 Å². The highest BCUT2D eigenvalue weighted by Gasteiger charge is 2.57. The average molecular weight is 957 g/mol. The summed E-state index contributed by atoms with van der Waals surface area (Å²) in [7, 11) is 0. The number of carbonyl (C=O) groups excluding carboxylic acids is 6. The van der Waals surface area contributed by atoms with E-state index in [-0.39, 0.29) is 0 Å². The number of ether oxygens (including phenoxy) is 7. The Hall–Kier alpha value is -9.11. The van der Waals surface area contributed by atoms with Crippen molar-refractivity contribution >= 4 is 41.8 Å². The lowest BCUT2D eigenvalue weighted by atomic mass is 9.76. The summed E-state index contributed by atoms with van der Waals surface area (Å²) in [5.41, 5.74) is -4.15. The molecule has 7 rings (SSSR count). The van der Waals surface area contributed by atoms with Crippen molar-refractivity contribution in [3.63, 3.8) is 0 Å². The first-order valence-electron chi connectivity index (χ1n) is 19.1. The van der Waals surface area contributed by atoms with E-state index in [1.165, 1.54) is 0 Å². The monoisotopic (exact) mass is 956 g/mol. The topological polar surface area (TPSA) is 447 Å². The van der Waals surface area contributed by atoms with E-state index in [1.54, 1.807) is 0 Å². The predicted molar refractivity (Wildman–Crippen MR) is 207 cm³/mol. The number of aliphatic hydroxyl groups is 1. The highest BCUT2D eigenvalue weighted by Crippen LogP contribution is 2.51. The van der Waals surface area contributed by atoms with E-state index in [4.69, 9.17) is 33.2 Å². The molecular formula is C41H32O27. The van der Waals surface area contributed by atoms with Crippen LogP contribution in [0.3, 0.4) is 0 Å². The van der Waals surface area contributed by atoms with Crippen molar-refractivity contribution < 1.29 is 133 Å². The Labute approximate surface area is 375 Å². The molecule has 0 amide bonds. The summed E-state index contributed by atoms with van der Waals surface area (Å²) >= 11 is 0. The van der Waals surface area contributed by atoms with Gasteiger partial charge in [-0.1, -0.05) is 0 Å². The lowest BCUT2D eigenvalue weighted by Gasteiger charge is -2.44. The maximum atomic E-state index is 14.5. The van der Waals surface area contributed by atoms with Gasteiger partial charge in [0.15, 0.2) is 81.6 Å². The van der Waals surface area contributed by atoms with Gasteiger partial charge in [0.2, 0.25) is 18.1 Å². The van der Waals surface area contributed by atoms with Crippen molar-refractivity contribution in [2.45, 2.75) is 49.1 Å². The zero-order valence-electron chi connectivity index (χ0n) is 33.6. The maximum Gasteiger partial charge on any atom is 0.341 e. The van der Waals surface area contributed by atoms with Crippen LogP contribution in [0.25, 0.3) is 0 Å². The summed E-state index contributed by atoms with van der Waals surface area (Å²) in [5, 5.41) is 133. The molecule has 0 radical (unpaired) electrons. The molecule has 0 unspecified atom stereocenters. The summed E-state index contributed by atoms with van der Waals surface area (Å²) in [6.45, 7) is -1.28. The number of benzene rings is 4. The third-order valence-corrected chi connectivity index (χ3v) is 10.6. The Morgan fingerprint density at radius 2 is 1.04 bits per heavy atom. The first kappa shape index (κ1) is 46.9. The molecule has 358 valence electrons. The number of phenols is 11. The first-order valence-corrected chi connectivity index (χ1v) is 19.1. The number of hydrogen-bond donors (Lipinski definition) is 13. The largest absolute Gasteiger partial charge is 0.504 e.